The molecule has 0 fully saturated rings. The molecule has 0 unspecified atom stereocenters. The maximum atomic E-state index is 11.9. The lowest BCUT2D eigenvalue weighted by atomic mass is 10.1. The first-order valence-corrected chi connectivity index (χ1v) is 9.55. The van der Waals surface area contributed by atoms with Gasteiger partial charge in [-0.1, -0.05) is 36.4 Å². The van der Waals surface area contributed by atoms with Crippen LogP contribution in [0.3, 0.4) is 0 Å². The second kappa shape index (κ2) is 6.52. The monoisotopic (exact) mass is 356 g/mol. The van der Waals surface area contributed by atoms with Crippen molar-refractivity contribution in [3.05, 3.63) is 70.0 Å². The Morgan fingerprint density at radius 1 is 1.08 bits per heavy atom. The summed E-state index contributed by atoms with van der Waals surface area (Å²) in [4.78, 5) is 18.6. The Morgan fingerprint density at radius 3 is 2.44 bits per heavy atom. The minimum absolute atomic E-state index is 0.126. The molecular formula is C18H16N2O4S. The first-order chi connectivity index (χ1) is 11.8. The van der Waals surface area contributed by atoms with Gasteiger partial charge in [0, 0.05) is 23.2 Å². The normalized spacial score (nSPS) is 12.0. The number of pyridine rings is 1. The fourth-order valence-corrected chi connectivity index (χ4v) is 3.40. The summed E-state index contributed by atoms with van der Waals surface area (Å²) in [5.41, 5.74) is 1.03. The summed E-state index contributed by atoms with van der Waals surface area (Å²) < 4.78 is 23.1. The van der Waals surface area contributed by atoms with Gasteiger partial charge in [0.2, 0.25) is 5.88 Å². The molecule has 6 nitrogen and oxygen atoms in total. The summed E-state index contributed by atoms with van der Waals surface area (Å²) in [6.07, 6.45) is 2.59. The molecule has 25 heavy (non-hydrogen) atoms. The number of aliphatic imine (C=N–C) groups is 1. The van der Waals surface area contributed by atoms with Crippen molar-refractivity contribution in [1.82, 2.24) is 4.98 Å². The SMILES string of the molecule is CS(=O)(=O)Cc1ccccc1N=Cc1c(O)[nH]c(=O)c2ccccc12. The number of nitrogens with zero attached hydrogens (tertiary/aromatic N) is 1. The standard InChI is InChI=1S/C18H16N2O4S/c1-25(23,24)11-12-6-2-5-9-16(12)19-10-15-13-7-3-4-8-14(13)17(21)20-18(15)22/h2-10H,11H2,1H3,(H2,20,21,22). The molecule has 0 atom stereocenters. The molecule has 7 heteroatoms. The maximum absolute atomic E-state index is 11.9. The van der Waals surface area contributed by atoms with Crippen molar-refractivity contribution in [2.75, 3.05) is 6.26 Å². The molecule has 0 saturated heterocycles. The van der Waals surface area contributed by atoms with Crippen LogP contribution in [0.1, 0.15) is 11.1 Å². The van der Waals surface area contributed by atoms with E-state index in [0.29, 0.717) is 27.6 Å². The molecule has 0 aliphatic carbocycles. The van der Waals surface area contributed by atoms with Crippen LogP contribution in [-0.2, 0) is 15.6 Å². The molecule has 3 rings (SSSR count). The van der Waals surface area contributed by atoms with Crippen LogP contribution in [0.4, 0.5) is 5.69 Å². The minimum atomic E-state index is -3.20. The number of nitrogens with one attached hydrogen (secondary N) is 1. The number of aromatic hydroxyl groups is 1. The van der Waals surface area contributed by atoms with Crippen molar-refractivity contribution in [2.45, 2.75) is 5.75 Å². The van der Waals surface area contributed by atoms with Crippen molar-refractivity contribution in [1.29, 1.82) is 0 Å². The first kappa shape index (κ1) is 16.9. The molecule has 3 aromatic rings. The highest BCUT2D eigenvalue weighted by Crippen LogP contribution is 2.24. The van der Waals surface area contributed by atoms with Gasteiger partial charge in [-0.25, -0.2) is 8.42 Å². The summed E-state index contributed by atoms with van der Waals surface area (Å²) in [5, 5.41) is 11.1. The second-order valence-corrected chi connectivity index (χ2v) is 7.86. The van der Waals surface area contributed by atoms with Crippen molar-refractivity contribution in [2.24, 2.45) is 4.99 Å². The third kappa shape index (κ3) is 3.77. The van der Waals surface area contributed by atoms with Crippen LogP contribution in [0.5, 0.6) is 5.88 Å². The van der Waals surface area contributed by atoms with Crippen LogP contribution in [0.2, 0.25) is 0 Å². The van der Waals surface area contributed by atoms with E-state index in [1.165, 1.54) is 6.21 Å². The Hall–Kier alpha value is -2.93. The van der Waals surface area contributed by atoms with Crippen LogP contribution in [0.15, 0.2) is 58.3 Å². The predicted molar refractivity (Wildman–Crippen MR) is 98.5 cm³/mol. The zero-order valence-corrected chi connectivity index (χ0v) is 14.2. The number of aromatic amines is 1. The zero-order chi connectivity index (χ0) is 18.0. The summed E-state index contributed by atoms with van der Waals surface area (Å²) in [5.74, 6) is -0.410. The van der Waals surface area contributed by atoms with Gasteiger partial charge in [-0.15, -0.1) is 0 Å². The molecule has 0 aliphatic heterocycles. The number of hydrogen-bond donors (Lipinski definition) is 2. The molecule has 0 aliphatic rings. The Kier molecular flexibility index (Phi) is 4.41. The van der Waals surface area contributed by atoms with E-state index in [0.717, 1.165) is 6.26 Å². The van der Waals surface area contributed by atoms with E-state index in [4.69, 9.17) is 0 Å². The Labute approximate surface area is 144 Å². The van der Waals surface area contributed by atoms with Gasteiger partial charge in [0.05, 0.1) is 17.0 Å². The van der Waals surface area contributed by atoms with Crippen molar-refractivity contribution < 1.29 is 13.5 Å². The number of rotatable bonds is 4. The van der Waals surface area contributed by atoms with Crippen molar-refractivity contribution >= 4 is 32.5 Å². The van der Waals surface area contributed by atoms with E-state index < -0.39 is 9.84 Å². The van der Waals surface area contributed by atoms with Crippen LogP contribution in [0.25, 0.3) is 10.8 Å². The third-order valence-electron chi connectivity index (χ3n) is 3.69. The van der Waals surface area contributed by atoms with E-state index in [1.54, 1.807) is 48.5 Å². The number of H-pyrrole nitrogens is 1. The smallest absolute Gasteiger partial charge is 0.258 e. The van der Waals surface area contributed by atoms with Crippen LogP contribution in [-0.4, -0.2) is 31.0 Å². The minimum Gasteiger partial charge on any atom is -0.494 e. The summed E-state index contributed by atoms with van der Waals surface area (Å²) in [7, 11) is -3.20. The molecule has 0 bridgehead atoms. The van der Waals surface area contributed by atoms with Gasteiger partial charge in [-0.05, 0) is 17.7 Å². The van der Waals surface area contributed by atoms with E-state index in [-0.39, 0.29) is 17.2 Å². The molecular weight excluding hydrogens is 340 g/mol. The summed E-state index contributed by atoms with van der Waals surface area (Å²) >= 11 is 0. The quantitative estimate of drug-likeness (QED) is 0.702. The molecule has 1 heterocycles. The lowest BCUT2D eigenvalue weighted by Crippen LogP contribution is -2.07. The molecule has 128 valence electrons. The fourth-order valence-electron chi connectivity index (χ4n) is 2.59. The Morgan fingerprint density at radius 2 is 1.72 bits per heavy atom. The van der Waals surface area contributed by atoms with Crippen molar-refractivity contribution in [3.8, 4) is 5.88 Å². The lowest BCUT2D eigenvalue weighted by molar-refractivity contribution is 0.452. The average Bonchev–Trinajstić information content (AvgIpc) is 2.54. The molecule has 1 aromatic heterocycles. The lowest BCUT2D eigenvalue weighted by Gasteiger charge is -2.06. The second-order valence-electron chi connectivity index (χ2n) is 5.72. The largest absolute Gasteiger partial charge is 0.494 e. The molecule has 0 spiro atoms. The van der Waals surface area contributed by atoms with Gasteiger partial charge < -0.3 is 5.11 Å². The predicted octanol–water partition coefficient (Wildman–Crippen LogP) is 2.53. The molecule has 0 saturated carbocycles. The number of fused-ring (bicyclic) bond motifs is 1. The number of sulfone groups is 1. The summed E-state index contributed by atoms with van der Waals surface area (Å²) in [6, 6.07) is 13.7. The van der Waals surface area contributed by atoms with Crippen LogP contribution >= 0.6 is 0 Å². The highest BCUT2D eigenvalue weighted by atomic mass is 32.2. The van der Waals surface area contributed by atoms with E-state index >= 15 is 0 Å². The molecule has 2 aromatic carbocycles. The van der Waals surface area contributed by atoms with Gasteiger partial charge in [0.1, 0.15) is 0 Å². The first-order valence-electron chi connectivity index (χ1n) is 7.49. The summed E-state index contributed by atoms with van der Waals surface area (Å²) in [6.45, 7) is 0. The topological polar surface area (TPSA) is 99.6 Å². The van der Waals surface area contributed by atoms with Gasteiger partial charge >= 0.3 is 0 Å². The van der Waals surface area contributed by atoms with Gasteiger partial charge in [-0.2, -0.15) is 0 Å². The van der Waals surface area contributed by atoms with Crippen LogP contribution < -0.4 is 5.56 Å². The molecule has 2 N–H and O–H groups in total. The Bertz CT molecular complexity index is 1130. The molecule has 0 radical (unpaired) electrons. The highest BCUT2D eigenvalue weighted by molar-refractivity contribution is 7.89. The number of hydrogen-bond acceptors (Lipinski definition) is 5. The average molecular weight is 356 g/mol. The van der Waals surface area contributed by atoms with Gasteiger partial charge in [0.15, 0.2) is 9.84 Å². The number of benzene rings is 2. The van der Waals surface area contributed by atoms with Crippen LogP contribution in [0, 0.1) is 0 Å². The van der Waals surface area contributed by atoms with Gasteiger partial charge in [0.25, 0.3) is 5.56 Å². The van der Waals surface area contributed by atoms with E-state index in [1.807, 2.05) is 0 Å². The number of aromatic nitrogens is 1. The fraction of sp³-hybridized carbons (Fsp3) is 0.111. The highest BCUT2D eigenvalue weighted by Gasteiger charge is 2.10. The van der Waals surface area contributed by atoms with Gasteiger partial charge in [-0.3, -0.25) is 14.8 Å². The van der Waals surface area contributed by atoms with E-state index in [9.17, 15) is 18.3 Å². The third-order valence-corrected chi connectivity index (χ3v) is 4.53. The van der Waals surface area contributed by atoms with Crippen molar-refractivity contribution in [3.63, 3.8) is 0 Å². The molecule has 0 amide bonds. The van der Waals surface area contributed by atoms with E-state index in [2.05, 4.69) is 9.98 Å². The Balaban J connectivity index is 2.10. The number of para-hydroxylation sites is 1. The maximum Gasteiger partial charge on any atom is 0.258 e. The zero-order valence-electron chi connectivity index (χ0n) is 13.4.